The first-order valence-electron chi connectivity index (χ1n) is 6.65. The summed E-state index contributed by atoms with van der Waals surface area (Å²) in [4.78, 5) is 0. The number of hydrogen-bond acceptors (Lipinski definition) is 2. The number of nitrogens with one attached hydrogen (secondary N) is 1. The minimum absolute atomic E-state index is 0.0149. The van der Waals surface area contributed by atoms with Crippen LogP contribution in [-0.2, 0) is 0 Å². The molecule has 1 N–H and O–H groups in total. The highest BCUT2D eigenvalue weighted by Crippen LogP contribution is 2.21. The number of benzene rings is 1. The molecular formula is C15H23F2NO. The van der Waals surface area contributed by atoms with E-state index in [1.54, 1.807) is 0 Å². The van der Waals surface area contributed by atoms with Crippen LogP contribution in [0.3, 0.4) is 0 Å². The predicted molar refractivity (Wildman–Crippen MR) is 73.4 cm³/mol. The third kappa shape index (κ3) is 5.55. The summed E-state index contributed by atoms with van der Waals surface area (Å²) in [5.41, 5.74) is 0.0149. The lowest BCUT2D eigenvalue weighted by molar-refractivity contribution is 0.173. The Morgan fingerprint density at radius 3 is 2.21 bits per heavy atom. The second-order valence-electron chi connectivity index (χ2n) is 5.79. The first-order valence-corrected chi connectivity index (χ1v) is 6.65. The van der Waals surface area contributed by atoms with E-state index in [9.17, 15) is 8.78 Å². The lowest BCUT2D eigenvalue weighted by Crippen LogP contribution is -2.45. The molecule has 0 aliphatic carbocycles. The number of ether oxygens (including phenoxy) is 1. The fraction of sp³-hybridized carbons (Fsp3) is 0.600. The van der Waals surface area contributed by atoms with E-state index in [0.29, 0.717) is 6.61 Å². The number of rotatable bonds is 6. The van der Waals surface area contributed by atoms with Crippen LogP contribution in [0.4, 0.5) is 8.78 Å². The van der Waals surface area contributed by atoms with Crippen molar-refractivity contribution in [2.45, 2.75) is 40.2 Å². The first kappa shape index (κ1) is 15.9. The van der Waals surface area contributed by atoms with E-state index in [2.05, 4.69) is 33.0 Å². The number of halogens is 2. The van der Waals surface area contributed by atoms with Gasteiger partial charge in [0.2, 0.25) is 0 Å². The van der Waals surface area contributed by atoms with Gasteiger partial charge in [-0.2, -0.15) is 0 Å². The molecule has 0 aliphatic rings. The Kier molecular flexibility index (Phi) is 5.73. The summed E-state index contributed by atoms with van der Waals surface area (Å²) in [6, 6.07) is 3.35. The van der Waals surface area contributed by atoms with Crippen molar-refractivity contribution in [1.29, 1.82) is 0 Å². The van der Waals surface area contributed by atoms with E-state index in [0.717, 1.165) is 19.0 Å². The zero-order valence-corrected chi connectivity index (χ0v) is 12.1. The van der Waals surface area contributed by atoms with Crippen molar-refractivity contribution in [2.24, 2.45) is 5.41 Å². The minimum atomic E-state index is -0.621. The lowest BCUT2D eigenvalue weighted by Gasteiger charge is -2.31. The van der Waals surface area contributed by atoms with Crippen molar-refractivity contribution < 1.29 is 13.5 Å². The van der Waals surface area contributed by atoms with Gasteiger partial charge >= 0.3 is 0 Å². The molecule has 0 spiro atoms. The number of hydrogen-bond donors (Lipinski definition) is 1. The fourth-order valence-corrected chi connectivity index (χ4v) is 1.73. The van der Waals surface area contributed by atoms with Gasteiger partial charge < -0.3 is 10.1 Å². The molecule has 0 saturated carbocycles. The summed E-state index contributed by atoms with van der Waals surface area (Å²) >= 11 is 0. The van der Waals surface area contributed by atoms with Gasteiger partial charge in [-0.3, -0.25) is 0 Å². The smallest absolute Gasteiger partial charge is 0.129 e. The summed E-state index contributed by atoms with van der Waals surface area (Å²) in [6.45, 7) is 9.69. The van der Waals surface area contributed by atoms with E-state index in [4.69, 9.17) is 4.74 Å². The fourth-order valence-electron chi connectivity index (χ4n) is 1.73. The molecule has 1 unspecified atom stereocenters. The van der Waals surface area contributed by atoms with Crippen molar-refractivity contribution in [3.8, 4) is 5.75 Å². The van der Waals surface area contributed by atoms with Crippen LogP contribution in [0.2, 0.25) is 0 Å². The van der Waals surface area contributed by atoms with Gasteiger partial charge in [-0.25, -0.2) is 8.78 Å². The van der Waals surface area contributed by atoms with Gasteiger partial charge in [-0.15, -0.1) is 0 Å². The molecule has 0 bridgehead atoms. The summed E-state index contributed by atoms with van der Waals surface area (Å²) in [5, 5.41) is 3.40. The van der Waals surface area contributed by atoms with Crippen molar-refractivity contribution in [3.05, 3.63) is 29.8 Å². The van der Waals surface area contributed by atoms with Crippen LogP contribution in [0.15, 0.2) is 18.2 Å². The molecule has 1 atom stereocenters. The molecule has 108 valence electrons. The highest BCUT2D eigenvalue weighted by atomic mass is 19.1. The lowest BCUT2D eigenvalue weighted by atomic mass is 9.87. The van der Waals surface area contributed by atoms with Crippen LogP contribution in [0.5, 0.6) is 5.75 Å². The molecule has 0 radical (unpaired) electrons. The van der Waals surface area contributed by atoms with E-state index in [1.807, 2.05) is 0 Å². The summed E-state index contributed by atoms with van der Waals surface area (Å²) in [7, 11) is 0. The van der Waals surface area contributed by atoms with Crippen LogP contribution in [0.25, 0.3) is 0 Å². The maximum absolute atomic E-state index is 13.1. The van der Waals surface area contributed by atoms with Gasteiger partial charge in [0, 0.05) is 24.2 Å². The zero-order chi connectivity index (χ0) is 14.5. The van der Waals surface area contributed by atoms with Crippen LogP contribution >= 0.6 is 0 Å². The third-order valence-electron chi connectivity index (χ3n) is 2.94. The highest BCUT2D eigenvalue weighted by Gasteiger charge is 2.24. The molecule has 4 heteroatoms. The van der Waals surface area contributed by atoms with Crippen LogP contribution < -0.4 is 10.1 Å². The van der Waals surface area contributed by atoms with Crippen LogP contribution in [0.1, 0.15) is 34.1 Å². The minimum Gasteiger partial charge on any atom is -0.492 e. The molecule has 2 nitrogen and oxygen atoms in total. The Labute approximate surface area is 114 Å². The van der Waals surface area contributed by atoms with Gasteiger partial charge in [0.25, 0.3) is 0 Å². The predicted octanol–water partition coefficient (Wildman–Crippen LogP) is 3.76. The Bertz CT molecular complexity index is 381. The quantitative estimate of drug-likeness (QED) is 0.850. The van der Waals surface area contributed by atoms with E-state index in [-0.39, 0.29) is 17.2 Å². The molecular weight excluding hydrogens is 248 g/mol. The van der Waals surface area contributed by atoms with Crippen molar-refractivity contribution in [2.75, 3.05) is 13.2 Å². The Balaban J connectivity index is 2.65. The maximum Gasteiger partial charge on any atom is 0.129 e. The van der Waals surface area contributed by atoms with E-state index < -0.39 is 11.6 Å². The topological polar surface area (TPSA) is 21.3 Å². The van der Waals surface area contributed by atoms with Crippen LogP contribution in [0, 0.1) is 17.0 Å². The molecule has 0 aromatic heterocycles. The molecule has 0 fully saturated rings. The Morgan fingerprint density at radius 2 is 1.74 bits per heavy atom. The second-order valence-corrected chi connectivity index (χ2v) is 5.79. The van der Waals surface area contributed by atoms with Gasteiger partial charge in [0.05, 0.1) is 0 Å². The highest BCUT2D eigenvalue weighted by molar-refractivity contribution is 5.23. The van der Waals surface area contributed by atoms with Gasteiger partial charge in [-0.1, -0.05) is 27.7 Å². The summed E-state index contributed by atoms with van der Waals surface area (Å²) in [5.74, 6) is -1.02. The Morgan fingerprint density at radius 1 is 1.16 bits per heavy atom. The van der Waals surface area contributed by atoms with E-state index in [1.165, 1.54) is 12.1 Å². The van der Waals surface area contributed by atoms with Crippen LogP contribution in [-0.4, -0.2) is 19.2 Å². The first-order chi connectivity index (χ1) is 8.82. The monoisotopic (exact) mass is 271 g/mol. The molecule has 1 aromatic carbocycles. The average Bonchev–Trinajstić information content (AvgIpc) is 2.26. The molecule has 0 heterocycles. The average molecular weight is 271 g/mol. The molecule has 0 amide bonds. The molecule has 19 heavy (non-hydrogen) atoms. The third-order valence-corrected chi connectivity index (χ3v) is 2.94. The zero-order valence-electron chi connectivity index (χ0n) is 12.1. The Hall–Kier alpha value is -1.16. The van der Waals surface area contributed by atoms with Gasteiger partial charge in [0.15, 0.2) is 0 Å². The van der Waals surface area contributed by atoms with Gasteiger partial charge in [-0.05, 0) is 18.4 Å². The summed E-state index contributed by atoms with van der Waals surface area (Å²) < 4.78 is 31.6. The maximum atomic E-state index is 13.1. The van der Waals surface area contributed by atoms with Crippen molar-refractivity contribution in [3.63, 3.8) is 0 Å². The molecule has 0 aliphatic heterocycles. The molecule has 0 saturated heterocycles. The molecule has 1 aromatic rings. The van der Waals surface area contributed by atoms with Gasteiger partial charge in [0.1, 0.15) is 24.0 Å². The SMILES string of the molecule is CCCNC(COc1cc(F)cc(F)c1)C(C)(C)C. The standard InChI is InChI=1S/C15H23F2NO/c1-5-6-18-14(15(2,3)4)10-19-13-8-11(16)7-12(17)9-13/h7-9,14,18H,5-6,10H2,1-4H3. The molecule has 1 rings (SSSR count). The summed E-state index contributed by atoms with van der Waals surface area (Å²) in [6.07, 6.45) is 1.03. The second kappa shape index (κ2) is 6.85. The van der Waals surface area contributed by atoms with Crippen molar-refractivity contribution in [1.82, 2.24) is 5.32 Å². The normalized spacial score (nSPS) is 13.4. The van der Waals surface area contributed by atoms with Crippen molar-refractivity contribution >= 4 is 0 Å². The van der Waals surface area contributed by atoms with E-state index >= 15 is 0 Å². The largest absolute Gasteiger partial charge is 0.492 e.